The lowest BCUT2D eigenvalue weighted by Gasteiger charge is -2.26. The molecule has 0 saturated heterocycles. The van der Waals surface area contributed by atoms with Gasteiger partial charge in [-0.3, -0.25) is 4.57 Å². The summed E-state index contributed by atoms with van der Waals surface area (Å²) in [4.78, 5) is 0. The van der Waals surface area contributed by atoms with Crippen LogP contribution in [-0.2, 0) is 13.6 Å². The fraction of sp³-hybridized carbons (Fsp3) is 0.538. The molecule has 0 fully saturated rings. The number of aliphatic hydroxyl groups excluding tert-OH is 1. The van der Waals surface area contributed by atoms with Gasteiger partial charge in [0.1, 0.15) is 0 Å². The van der Waals surface area contributed by atoms with Gasteiger partial charge in [0.15, 0.2) is 5.85 Å². The van der Waals surface area contributed by atoms with Crippen LogP contribution in [0.15, 0.2) is 24.3 Å². The van der Waals surface area contributed by atoms with Gasteiger partial charge in [-0.05, 0) is 26.3 Å². The lowest BCUT2D eigenvalue weighted by atomic mass is 10.1. The quantitative estimate of drug-likeness (QED) is 0.753. The zero-order valence-electron chi connectivity index (χ0n) is 11.6. The fourth-order valence-electron chi connectivity index (χ4n) is 1.71. The van der Waals surface area contributed by atoms with E-state index in [0.717, 1.165) is 5.56 Å². The van der Waals surface area contributed by atoms with Crippen molar-refractivity contribution < 1.29 is 18.7 Å². The van der Waals surface area contributed by atoms with Crippen molar-refractivity contribution in [2.24, 2.45) is 5.73 Å². The zero-order valence-corrected chi connectivity index (χ0v) is 12.5. The molecule has 1 aromatic rings. The Morgan fingerprint density at radius 1 is 1.21 bits per heavy atom. The number of aryl methyl sites for hydroxylation is 1. The molecule has 5 nitrogen and oxygen atoms in total. The van der Waals surface area contributed by atoms with E-state index in [9.17, 15) is 9.67 Å². The summed E-state index contributed by atoms with van der Waals surface area (Å²) in [7, 11) is -3.61. The first-order valence-corrected chi connectivity index (χ1v) is 7.94. The standard InChI is InChI=1S/C13H22NO4P/c1-4-17-19(16,18-5-2)13(15)12(14)11-8-6-10(3)7-9-11/h6-9,12-13,15H,4-5,14H2,1-3H3. The highest BCUT2D eigenvalue weighted by atomic mass is 31.2. The molecule has 0 amide bonds. The minimum absolute atomic E-state index is 0.189. The van der Waals surface area contributed by atoms with Crippen LogP contribution >= 0.6 is 7.60 Å². The summed E-state index contributed by atoms with van der Waals surface area (Å²) >= 11 is 0. The van der Waals surface area contributed by atoms with Crippen LogP contribution in [-0.4, -0.2) is 24.2 Å². The second kappa shape index (κ2) is 7.17. The van der Waals surface area contributed by atoms with Gasteiger partial charge in [-0.2, -0.15) is 0 Å². The first kappa shape index (κ1) is 16.3. The van der Waals surface area contributed by atoms with Crippen LogP contribution in [0.3, 0.4) is 0 Å². The van der Waals surface area contributed by atoms with Gasteiger partial charge < -0.3 is 19.9 Å². The van der Waals surface area contributed by atoms with E-state index in [1.54, 1.807) is 26.0 Å². The molecule has 0 aliphatic heterocycles. The van der Waals surface area contributed by atoms with Crippen LogP contribution in [0.25, 0.3) is 0 Å². The van der Waals surface area contributed by atoms with Gasteiger partial charge in [-0.25, -0.2) is 0 Å². The van der Waals surface area contributed by atoms with E-state index in [1.807, 2.05) is 19.1 Å². The van der Waals surface area contributed by atoms with Crippen molar-refractivity contribution in [1.82, 2.24) is 0 Å². The summed E-state index contributed by atoms with van der Waals surface area (Å²) in [6.45, 7) is 5.71. The molecule has 3 N–H and O–H groups in total. The normalized spacial score (nSPS) is 15.2. The van der Waals surface area contributed by atoms with Gasteiger partial charge >= 0.3 is 7.60 Å². The number of rotatable bonds is 7. The predicted octanol–water partition coefficient (Wildman–Crippen LogP) is 2.58. The van der Waals surface area contributed by atoms with E-state index >= 15 is 0 Å². The lowest BCUT2D eigenvalue weighted by Crippen LogP contribution is -2.28. The highest BCUT2D eigenvalue weighted by Crippen LogP contribution is 2.55. The summed E-state index contributed by atoms with van der Waals surface area (Å²) in [5, 5.41) is 10.2. The van der Waals surface area contributed by atoms with Gasteiger partial charge in [0, 0.05) is 0 Å². The first-order valence-electron chi connectivity index (χ1n) is 6.33. The van der Waals surface area contributed by atoms with E-state index in [4.69, 9.17) is 14.8 Å². The Hall–Kier alpha value is -0.710. The molecule has 2 atom stereocenters. The molecular formula is C13H22NO4P. The molecule has 0 radical (unpaired) electrons. The highest BCUT2D eigenvalue weighted by Gasteiger charge is 2.38. The summed E-state index contributed by atoms with van der Waals surface area (Å²) in [5.74, 6) is -1.38. The Labute approximate surface area is 114 Å². The molecule has 108 valence electrons. The van der Waals surface area contributed by atoms with E-state index < -0.39 is 19.5 Å². The first-order chi connectivity index (χ1) is 8.94. The number of nitrogens with two attached hydrogens (primary N) is 1. The number of hydrogen-bond donors (Lipinski definition) is 2. The van der Waals surface area contributed by atoms with Crippen molar-refractivity contribution in [3.05, 3.63) is 35.4 Å². The molecule has 0 heterocycles. The average Bonchev–Trinajstić information content (AvgIpc) is 2.38. The van der Waals surface area contributed by atoms with Crippen molar-refractivity contribution in [1.29, 1.82) is 0 Å². The van der Waals surface area contributed by atoms with Crippen LogP contribution in [0.5, 0.6) is 0 Å². The number of benzene rings is 1. The third-order valence-electron chi connectivity index (χ3n) is 2.73. The maximum atomic E-state index is 12.4. The third kappa shape index (κ3) is 4.13. The molecule has 1 rings (SSSR count). The molecule has 0 aromatic heterocycles. The second-order valence-corrected chi connectivity index (χ2v) is 6.35. The van der Waals surface area contributed by atoms with Crippen LogP contribution < -0.4 is 5.73 Å². The van der Waals surface area contributed by atoms with Crippen molar-refractivity contribution in [3.63, 3.8) is 0 Å². The summed E-state index contributed by atoms with van der Waals surface area (Å²) < 4.78 is 22.6. The maximum Gasteiger partial charge on any atom is 0.360 e. The zero-order chi connectivity index (χ0) is 14.5. The largest absolute Gasteiger partial charge is 0.379 e. The Balaban J connectivity index is 2.92. The number of hydrogen-bond acceptors (Lipinski definition) is 5. The van der Waals surface area contributed by atoms with Gasteiger partial charge in [-0.1, -0.05) is 29.8 Å². The SMILES string of the molecule is CCOP(=O)(OCC)C(O)C(N)c1ccc(C)cc1. The van der Waals surface area contributed by atoms with Crippen LogP contribution in [0.1, 0.15) is 31.0 Å². The third-order valence-corrected chi connectivity index (χ3v) is 4.93. The minimum Gasteiger partial charge on any atom is -0.379 e. The molecule has 0 aliphatic carbocycles. The molecule has 2 unspecified atom stereocenters. The van der Waals surface area contributed by atoms with E-state index in [-0.39, 0.29) is 13.2 Å². The Kier molecular flexibility index (Phi) is 6.17. The van der Waals surface area contributed by atoms with Crippen molar-refractivity contribution in [2.45, 2.75) is 32.7 Å². The van der Waals surface area contributed by atoms with Crippen molar-refractivity contribution in [3.8, 4) is 0 Å². The molecular weight excluding hydrogens is 265 g/mol. The summed E-state index contributed by atoms with van der Waals surface area (Å²) in [6.07, 6.45) is 0. The molecule has 0 saturated carbocycles. The molecule has 6 heteroatoms. The van der Waals surface area contributed by atoms with E-state index in [1.165, 1.54) is 0 Å². The predicted molar refractivity (Wildman–Crippen MR) is 75.0 cm³/mol. The molecule has 0 bridgehead atoms. The number of aliphatic hydroxyl groups is 1. The second-order valence-electron chi connectivity index (χ2n) is 4.23. The Bertz CT molecular complexity index is 425. The van der Waals surface area contributed by atoms with Gasteiger partial charge in [0.05, 0.1) is 19.3 Å². The van der Waals surface area contributed by atoms with Crippen LogP contribution in [0.2, 0.25) is 0 Å². The minimum atomic E-state index is -3.61. The summed E-state index contributed by atoms with van der Waals surface area (Å²) in [5.41, 5.74) is 7.73. The molecule has 0 spiro atoms. The van der Waals surface area contributed by atoms with Crippen LogP contribution in [0.4, 0.5) is 0 Å². The van der Waals surface area contributed by atoms with Crippen molar-refractivity contribution >= 4 is 7.60 Å². The average molecular weight is 287 g/mol. The van der Waals surface area contributed by atoms with Gasteiger partial charge in [0.2, 0.25) is 0 Å². The topological polar surface area (TPSA) is 81.8 Å². The van der Waals surface area contributed by atoms with E-state index in [0.29, 0.717) is 5.56 Å². The lowest BCUT2D eigenvalue weighted by molar-refractivity contribution is 0.134. The molecule has 0 aliphatic rings. The monoisotopic (exact) mass is 287 g/mol. The smallest absolute Gasteiger partial charge is 0.360 e. The summed E-state index contributed by atoms with van der Waals surface area (Å²) in [6, 6.07) is 6.55. The van der Waals surface area contributed by atoms with Crippen molar-refractivity contribution in [2.75, 3.05) is 13.2 Å². The Morgan fingerprint density at radius 2 is 1.68 bits per heavy atom. The van der Waals surface area contributed by atoms with Gasteiger partial charge in [0.25, 0.3) is 0 Å². The molecule has 19 heavy (non-hydrogen) atoms. The van der Waals surface area contributed by atoms with Crippen LogP contribution in [0, 0.1) is 6.92 Å². The maximum absolute atomic E-state index is 12.4. The highest BCUT2D eigenvalue weighted by molar-refractivity contribution is 7.54. The van der Waals surface area contributed by atoms with Gasteiger partial charge in [-0.15, -0.1) is 0 Å². The van der Waals surface area contributed by atoms with E-state index in [2.05, 4.69) is 0 Å². The Morgan fingerprint density at radius 3 is 2.11 bits per heavy atom. The molecule has 1 aromatic carbocycles. The fourth-order valence-corrected chi connectivity index (χ4v) is 3.37.